The van der Waals surface area contributed by atoms with Crippen LogP contribution in [0.3, 0.4) is 0 Å². The molecule has 0 radical (unpaired) electrons. The minimum absolute atomic E-state index is 0.0356. The lowest BCUT2D eigenvalue weighted by Crippen LogP contribution is -2.10. The Balaban J connectivity index is 2.46. The number of benzene rings is 1. The van der Waals surface area contributed by atoms with Crippen LogP contribution in [0.2, 0.25) is 0 Å². The van der Waals surface area contributed by atoms with Crippen molar-refractivity contribution in [2.75, 3.05) is 13.7 Å². The highest BCUT2D eigenvalue weighted by Gasteiger charge is 2.19. The number of fused-ring (bicyclic) bond motifs is 1. The van der Waals surface area contributed by atoms with Crippen LogP contribution in [0.5, 0.6) is 17.2 Å². The Morgan fingerprint density at radius 3 is 2.67 bits per heavy atom. The molecule has 5 heteroatoms. The van der Waals surface area contributed by atoms with Crippen LogP contribution in [0.15, 0.2) is 39.6 Å². The Hall–Kier alpha value is -2.43. The summed E-state index contributed by atoms with van der Waals surface area (Å²) < 4.78 is 22.2. The molecule has 130 valence electrons. The molecule has 0 amide bonds. The maximum Gasteiger partial charge on any atom is 0.383 e. The number of hydrogen-bond donors (Lipinski definition) is 0. The van der Waals surface area contributed by atoms with Gasteiger partial charge in [-0.15, -0.1) is 0 Å². The maximum atomic E-state index is 12.2. The molecule has 1 heterocycles. The lowest BCUT2D eigenvalue weighted by atomic mass is 10.2. The van der Waals surface area contributed by atoms with Gasteiger partial charge < -0.3 is 18.6 Å². The van der Waals surface area contributed by atoms with Crippen molar-refractivity contribution in [2.45, 2.75) is 39.7 Å². The summed E-state index contributed by atoms with van der Waals surface area (Å²) in [7, 11) is 1.43. The van der Waals surface area contributed by atoms with Gasteiger partial charge in [-0.25, -0.2) is 4.79 Å². The Bertz CT molecular complexity index is 758. The fraction of sp³-hybridized carbons (Fsp3) is 0.421. The first-order valence-corrected chi connectivity index (χ1v) is 8.16. The van der Waals surface area contributed by atoms with Crippen molar-refractivity contribution in [1.29, 1.82) is 0 Å². The Kier molecular flexibility index (Phi) is 6.29. The monoisotopic (exact) mass is 332 g/mol. The maximum absolute atomic E-state index is 12.2. The summed E-state index contributed by atoms with van der Waals surface area (Å²) in [6.07, 6.45) is 5.82. The van der Waals surface area contributed by atoms with E-state index < -0.39 is 5.63 Å². The molecule has 0 aliphatic heterocycles. The van der Waals surface area contributed by atoms with Crippen molar-refractivity contribution in [1.82, 2.24) is 0 Å². The molecule has 2 rings (SSSR count). The topological polar surface area (TPSA) is 57.9 Å². The molecule has 0 aliphatic carbocycles. The van der Waals surface area contributed by atoms with E-state index in [1.54, 1.807) is 6.07 Å². The number of ether oxygens (including phenoxy) is 3. The lowest BCUT2D eigenvalue weighted by molar-refractivity contribution is 0.240. The SMILES string of the molecule is CC/C=C/CCOc1c(OC)c(=O)oc2c(OC(C)C)cccc12. The van der Waals surface area contributed by atoms with Crippen molar-refractivity contribution in [2.24, 2.45) is 0 Å². The Morgan fingerprint density at radius 1 is 1.21 bits per heavy atom. The largest absolute Gasteiger partial charge is 0.488 e. The molecule has 2 aromatic rings. The fourth-order valence-electron chi connectivity index (χ4n) is 2.33. The van der Waals surface area contributed by atoms with Crippen LogP contribution in [-0.4, -0.2) is 19.8 Å². The summed E-state index contributed by atoms with van der Waals surface area (Å²) in [4.78, 5) is 12.2. The second kappa shape index (κ2) is 8.43. The Morgan fingerprint density at radius 2 is 2.00 bits per heavy atom. The third kappa shape index (κ3) is 4.10. The molecule has 0 unspecified atom stereocenters. The van der Waals surface area contributed by atoms with Crippen molar-refractivity contribution in [3.05, 3.63) is 40.8 Å². The smallest absolute Gasteiger partial charge is 0.383 e. The van der Waals surface area contributed by atoms with E-state index in [1.807, 2.05) is 32.1 Å². The van der Waals surface area contributed by atoms with E-state index in [2.05, 4.69) is 13.0 Å². The predicted molar refractivity (Wildman–Crippen MR) is 94.3 cm³/mol. The number of hydrogen-bond acceptors (Lipinski definition) is 5. The summed E-state index contributed by atoms with van der Waals surface area (Å²) in [5.41, 5.74) is -0.208. The van der Waals surface area contributed by atoms with Crippen LogP contribution in [0.25, 0.3) is 11.0 Å². The van der Waals surface area contributed by atoms with E-state index >= 15 is 0 Å². The summed E-state index contributed by atoms with van der Waals surface area (Å²) in [6, 6.07) is 5.43. The molecule has 1 aromatic carbocycles. The molecule has 0 bridgehead atoms. The zero-order valence-corrected chi connectivity index (χ0v) is 14.6. The van der Waals surface area contributed by atoms with Gasteiger partial charge in [0.1, 0.15) is 0 Å². The summed E-state index contributed by atoms with van der Waals surface area (Å²) in [5, 5.41) is 0.657. The highest BCUT2D eigenvalue weighted by Crippen LogP contribution is 2.37. The molecule has 0 saturated carbocycles. The summed E-state index contributed by atoms with van der Waals surface area (Å²) in [5.74, 6) is 0.976. The van der Waals surface area contributed by atoms with Gasteiger partial charge in [-0.05, 0) is 38.8 Å². The van der Waals surface area contributed by atoms with E-state index in [0.717, 1.165) is 12.8 Å². The number of methoxy groups -OCH3 is 1. The zero-order chi connectivity index (χ0) is 17.5. The third-order valence-corrected chi connectivity index (χ3v) is 3.31. The number of allylic oxidation sites excluding steroid dienone is 1. The molecule has 0 aliphatic rings. The predicted octanol–water partition coefficient (Wildman–Crippen LogP) is 4.32. The lowest BCUT2D eigenvalue weighted by Gasteiger charge is -2.15. The average Bonchev–Trinajstić information content (AvgIpc) is 2.54. The summed E-state index contributed by atoms with van der Waals surface area (Å²) >= 11 is 0. The third-order valence-electron chi connectivity index (χ3n) is 3.31. The van der Waals surface area contributed by atoms with Gasteiger partial charge in [-0.3, -0.25) is 0 Å². The second-order valence-electron chi connectivity index (χ2n) is 5.57. The minimum Gasteiger partial charge on any atom is -0.488 e. The molecule has 0 fully saturated rings. The highest BCUT2D eigenvalue weighted by molar-refractivity contribution is 5.89. The number of para-hydroxylation sites is 1. The van der Waals surface area contributed by atoms with Gasteiger partial charge in [0.2, 0.25) is 5.75 Å². The molecule has 24 heavy (non-hydrogen) atoms. The molecule has 0 spiro atoms. The highest BCUT2D eigenvalue weighted by atomic mass is 16.5. The van der Waals surface area contributed by atoms with E-state index in [0.29, 0.717) is 29.1 Å². The second-order valence-corrected chi connectivity index (χ2v) is 5.57. The molecule has 5 nitrogen and oxygen atoms in total. The van der Waals surface area contributed by atoms with E-state index in [9.17, 15) is 4.79 Å². The molecule has 0 atom stereocenters. The van der Waals surface area contributed by atoms with Gasteiger partial charge in [-0.2, -0.15) is 0 Å². The molecule has 0 saturated heterocycles. The van der Waals surface area contributed by atoms with E-state index in [1.165, 1.54) is 7.11 Å². The van der Waals surface area contributed by atoms with E-state index in [4.69, 9.17) is 18.6 Å². The molecular weight excluding hydrogens is 308 g/mol. The summed E-state index contributed by atoms with van der Waals surface area (Å²) in [6.45, 7) is 6.35. The van der Waals surface area contributed by atoms with Crippen LogP contribution in [0.1, 0.15) is 33.6 Å². The van der Waals surface area contributed by atoms with Crippen molar-refractivity contribution >= 4 is 11.0 Å². The van der Waals surface area contributed by atoms with Crippen molar-refractivity contribution in [3.63, 3.8) is 0 Å². The normalized spacial score (nSPS) is 11.4. The molecule has 0 N–H and O–H groups in total. The van der Waals surface area contributed by atoms with Gasteiger partial charge in [0.15, 0.2) is 17.1 Å². The average molecular weight is 332 g/mol. The molecule has 1 aromatic heterocycles. The van der Waals surface area contributed by atoms with Gasteiger partial charge in [-0.1, -0.05) is 25.1 Å². The van der Waals surface area contributed by atoms with Crippen LogP contribution < -0.4 is 19.8 Å². The van der Waals surface area contributed by atoms with Gasteiger partial charge >= 0.3 is 5.63 Å². The standard InChI is InChI=1S/C19H24O5/c1-5-6-7-8-12-22-17-14-10-9-11-15(23-13(2)3)16(14)24-19(20)18(17)21-4/h6-7,9-11,13H,5,8,12H2,1-4H3/b7-6+. The first kappa shape index (κ1) is 17.9. The quantitative estimate of drug-likeness (QED) is 0.409. The zero-order valence-electron chi connectivity index (χ0n) is 14.6. The van der Waals surface area contributed by atoms with Crippen LogP contribution in [0, 0.1) is 0 Å². The minimum atomic E-state index is -0.580. The first-order valence-electron chi connectivity index (χ1n) is 8.16. The Labute approximate surface area is 141 Å². The van der Waals surface area contributed by atoms with Crippen molar-refractivity contribution in [3.8, 4) is 17.2 Å². The van der Waals surface area contributed by atoms with Crippen LogP contribution >= 0.6 is 0 Å². The van der Waals surface area contributed by atoms with Gasteiger partial charge in [0.05, 0.1) is 25.2 Å². The van der Waals surface area contributed by atoms with Crippen LogP contribution in [-0.2, 0) is 0 Å². The fourth-order valence-corrected chi connectivity index (χ4v) is 2.33. The van der Waals surface area contributed by atoms with E-state index in [-0.39, 0.29) is 11.9 Å². The van der Waals surface area contributed by atoms with Gasteiger partial charge in [0.25, 0.3) is 0 Å². The van der Waals surface area contributed by atoms with Crippen LogP contribution in [0.4, 0.5) is 0 Å². The first-order chi connectivity index (χ1) is 11.6. The number of rotatable bonds is 8. The molecular formula is C19H24O5. The van der Waals surface area contributed by atoms with Crippen molar-refractivity contribution < 1.29 is 18.6 Å². The van der Waals surface area contributed by atoms with Gasteiger partial charge in [0, 0.05) is 0 Å².